The molecule has 45 heavy (non-hydrogen) atoms. The molecule has 5 aliphatic carbocycles. The van der Waals surface area contributed by atoms with Crippen LogP contribution in [0.2, 0.25) is 0 Å². The van der Waals surface area contributed by atoms with Crippen molar-refractivity contribution in [2.75, 3.05) is 0 Å². The van der Waals surface area contributed by atoms with Gasteiger partial charge in [-0.25, -0.2) is 0 Å². The number of benzene rings is 1. The third-order valence-electron chi connectivity index (χ3n) is 14.8. The lowest BCUT2D eigenvalue weighted by Crippen LogP contribution is -2.66. The summed E-state index contributed by atoms with van der Waals surface area (Å²) in [7, 11) is 0. The first-order valence-electron chi connectivity index (χ1n) is 17.1. The number of rotatable bonds is 3. The quantitative estimate of drug-likeness (QED) is 0.353. The highest BCUT2D eigenvalue weighted by Gasteiger charge is 2.70. The van der Waals surface area contributed by atoms with E-state index in [0.717, 1.165) is 63.5 Å². The number of aliphatic hydroxyl groups is 1. The number of carbonyl (C=O) groups excluding carboxylic acids is 2. The van der Waals surface area contributed by atoms with Gasteiger partial charge in [-0.15, -0.1) is 0 Å². The molecule has 1 aromatic rings. The van der Waals surface area contributed by atoms with Crippen LogP contribution in [0.5, 0.6) is 0 Å². The molecule has 4 saturated carbocycles. The van der Waals surface area contributed by atoms with Crippen molar-refractivity contribution in [3.63, 3.8) is 0 Å². The van der Waals surface area contributed by atoms with Crippen LogP contribution >= 0.6 is 0 Å². The summed E-state index contributed by atoms with van der Waals surface area (Å²) < 4.78 is 39.0. The van der Waals surface area contributed by atoms with E-state index in [1.165, 1.54) is 17.7 Å². The predicted molar refractivity (Wildman–Crippen MR) is 169 cm³/mol. The van der Waals surface area contributed by atoms with Gasteiger partial charge in [0.05, 0.1) is 11.7 Å². The molecule has 9 atom stereocenters. The number of nitrogens with one attached hydrogen (secondary N) is 1. The molecule has 4 nitrogen and oxygen atoms in total. The van der Waals surface area contributed by atoms with Crippen LogP contribution in [0.1, 0.15) is 117 Å². The minimum Gasteiger partial charge on any atom is -0.393 e. The van der Waals surface area contributed by atoms with E-state index in [1.807, 2.05) is 13.0 Å². The second kappa shape index (κ2) is 10.2. The molecule has 0 saturated heterocycles. The Hall–Kier alpha value is -2.15. The average Bonchev–Trinajstić information content (AvgIpc) is 2.95. The Morgan fingerprint density at radius 1 is 0.911 bits per heavy atom. The normalized spacial score (nSPS) is 44.1. The van der Waals surface area contributed by atoms with Crippen LogP contribution in [-0.4, -0.2) is 22.9 Å². The molecule has 0 bridgehead atoms. The number of carbonyl (C=O) groups is 2. The molecule has 7 heteroatoms. The van der Waals surface area contributed by atoms with Crippen LogP contribution in [0.15, 0.2) is 35.9 Å². The number of aliphatic hydroxyl groups excluding tert-OH is 1. The minimum absolute atomic E-state index is 0.0140. The maximum atomic E-state index is 14.5. The Kier molecular flexibility index (Phi) is 7.41. The van der Waals surface area contributed by atoms with E-state index < -0.39 is 17.2 Å². The van der Waals surface area contributed by atoms with E-state index in [4.69, 9.17) is 0 Å². The number of hydrogen-bond acceptors (Lipinski definition) is 3. The van der Waals surface area contributed by atoms with Gasteiger partial charge in [0, 0.05) is 17.9 Å². The van der Waals surface area contributed by atoms with Gasteiger partial charge in [-0.05, 0) is 120 Å². The second-order valence-corrected chi connectivity index (χ2v) is 17.5. The number of hydrogen-bond donors (Lipinski definition) is 2. The van der Waals surface area contributed by atoms with Crippen molar-refractivity contribution in [3.05, 3.63) is 47.0 Å². The summed E-state index contributed by atoms with van der Waals surface area (Å²) in [5.41, 5.74) is -0.192. The summed E-state index contributed by atoms with van der Waals surface area (Å²) in [6.07, 6.45) is 5.26. The third-order valence-corrected chi connectivity index (χ3v) is 14.8. The van der Waals surface area contributed by atoms with Crippen LogP contribution in [0, 0.1) is 50.2 Å². The molecule has 0 heterocycles. The molecule has 0 aromatic heterocycles. The Morgan fingerprint density at radius 3 is 2.20 bits per heavy atom. The third kappa shape index (κ3) is 4.70. The Morgan fingerprint density at radius 2 is 1.56 bits per heavy atom. The predicted octanol–water partition coefficient (Wildman–Crippen LogP) is 8.66. The van der Waals surface area contributed by atoms with E-state index in [-0.39, 0.29) is 69.2 Å². The van der Waals surface area contributed by atoms with Crippen molar-refractivity contribution in [2.45, 2.75) is 125 Å². The highest BCUT2D eigenvalue weighted by atomic mass is 19.4. The molecule has 1 aromatic carbocycles. The highest BCUT2D eigenvalue weighted by molar-refractivity contribution is 5.95. The standard InChI is InChI=1S/C38H52F3NO3/c1-32(2)28-12-15-37(7)30(35(28,5)14-13-29(32)44)27(43)20-25-26-21-34(4,17-16-33(26,3)18-19-36(25,37)6)31(45)42-22-23-8-10-24(11-9-23)38(39,40)41/h8-11,20,26,28-30,44H,12-19,21-22H2,1-7H3,(H,42,45)/t26-,28?,29+,30-,33-,34+,35+,36-,37-/m1/s1. The average molecular weight is 628 g/mol. The molecule has 0 spiro atoms. The Bertz CT molecular complexity index is 1420. The van der Waals surface area contributed by atoms with E-state index >= 15 is 0 Å². The van der Waals surface area contributed by atoms with Crippen molar-refractivity contribution < 1.29 is 27.9 Å². The number of halogens is 3. The number of fused-ring (bicyclic) bond motifs is 7. The van der Waals surface area contributed by atoms with Crippen molar-refractivity contribution in [1.82, 2.24) is 5.32 Å². The van der Waals surface area contributed by atoms with Crippen LogP contribution in [0.3, 0.4) is 0 Å². The van der Waals surface area contributed by atoms with Gasteiger partial charge in [0.1, 0.15) is 0 Å². The van der Waals surface area contributed by atoms with Gasteiger partial charge in [0.25, 0.3) is 0 Å². The van der Waals surface area contributed by atoms with Crippen molar-refractivity contribution in [1.29, 1.82) is 0 Å². The van der Waals surface area contributed by atoms with E-state index in [2.05, 4.69) is 46.9 Å². The molecular weight excluding hydrogens is 575 g/mol. The first kappa shape index (κ1) is 32.8. The van der Waals surface area contributed by atoms with Gasteiger partial charge in [0.15, 0.2) is 5.78 Å². The first-order valence-corrected chi connectivity index (χ1v) is 17.1. The van der Waals surface area contributed by atoms with Gasteiger partial charge in [-0.1, -0.05) is 66.2 Å². The fraction of sp³-hybridized carbons (Fsp3) is 0.737. The molecule has 248 valence electrons. The lowest BCUT2D eigenvalue weighted by molar-refractivity contribution is -0.202. The van der Waals surface area contributed by atoms with Crippen molar-refractivity contribution in [2.24, 2.45) is 50.2 Å². The molecule has 1 amide bonds. The summed E-state index contributed by atoms with van der Waals surface area (Å²) in [6, 6.07) is 4.97. The smallest absolute Gasteiger partial charge is 0.393 e. The maximum absolute atomic E-state index is 14.5. The fourth-order valence-electron chi connectivity index (χ4n) is 11.6. The van der Waals surface area contributed by atoms with Gasteiger partial charge in [0.2, 0.25) is 5.91 Å². The van der Waals surface area contributed by atoms with Crippen LogP contribution in [-0.2, 0) is 22.3 Å². The van der Waals surface area contributed by atoms with Crippen LogP contribution in [0.25, 0.3) is 0 Å². The molecule has 0 radical (unpaired) electrons. The highest BCUT2D eigenvalue weighted by Crippen LogP contribution is 2.75. The summed E-state index contributed by atoms with van der Waals surface area (Å²) in [5, 5.41) is 14.0. The molecule has 5 aliphatic rings. The van der Waals surface area contributed by atoms with Crippen molar-refractivity contribution in [3.8, 4) is 0 Å². The molecule has 4 fully saturated rings. The largest absolute Gasteiger partial charge is 0.416 e. The fourth-order valence-corrected chi connectivity index (χ4v) is 11.6. The molecule has 6 rings (SSSR count). The lowest BCUT2D eigenvalue weighted by atomic mass is 9.33. The number of alkyl halides is 3. The minimum atomic E-state index is -4.39. The zero-order chi connectivity index (χ0) is 33.0. The molecular formula is C38H52F3NO3. The van der Waals surface area contributed by atoms with Gasteiger partial charge in [-0.3, -0.25) is 9.59 Å². The van der Waals surface area contributed by atoms with Crippen LogP contribution in [0.4, 0.5) is 13.2 Å². The summed E-state index contributed by atoms with van der Waals surface area (Å²) in [5.74, 6) is 0.487. The van der Waals surface area contributed by atoms with E-state index in [1.54, 1.807) is 0 Å². The van der Waals surface area contributed by atoms with Crippen LogP contribution < -0.4 is 5.32 Å². The van der Waals surface area contributed by atoms with E-state index in [9.17, 15) is 27.9 Å². The van der Waals surface area contributed by atoms with Gasteiger partial charge >= 0.3 is 6.18 Å². The summed E-state index contributed by atoms with van der Waals surface area (Å²) in [6.45, 7) is 16.0. The van der Waals surface area contributed by atoms with Crippen molar-refractivity contribution >= 4 is 11.7 Å². The zero-order valence-electron chi connectivity index (χ0n) is 28.2. The Balaban J connectivity index is 1.28. The number of allylic oxidation sites excluding steroid dienone is 2. The Labute approximate surface area is 267 Å². The molecule has 0 aliphatic heterocycles. The number of ketones is 1. The first-order chi connectivity index (χ1) is 20.7. The number of amides is 1. The monoisotopic (exact) mass is 627 g/mol. The second-order valence-electron chi connectivity index (χ2n) is 17.5. The summed E-state index contributed by atoms with van der Waals surface area (Å²) in [4.78, 5) is 28.3. The zero-order valence-corrected chi connectivity index (χ0v) is 28.2. The van der Waals surface area contributed by atoms with E-state index in [0.29, 0.717) is 12.0 Å². The lowest BCUT2D eigenvalue weighted by Gasteiger charge is -2.70. The van der Waals surface area contributed by atoms with Gasteiger partial charge < -0.3 is 10.4 Å². The topological polar surface area (TPSA) is 66.4 Å². The maximum Gasteiger partial charge on any atom is 0.416 e. The summed E-state index contributed by atoms with van der Waals surface area (Å²) >= 11 is 0. The molecule has 1 unspecified atom stereocenters. The van der Waals surface area contributed by atoms with Gasteiger partial charge in [-0.2, -0.15) is 13.2 Å². The SMILES string of the molecule is CC1(C)C2CC[C@]3(C)[C@H](C(=O)C=C4[C@H]5C[C@@](C)(C(=O)NCc6ccc(C(F)(F)F)cc6)CC[C@]5(C)CC[C@]43C)[C@@]2(C)CC[C@@H]1O. The molecule has 2 N–H and O–H groups in total.